The molecule has 2 aromatic carbocycles. The third kappa shape index (κ3) is 4.94. The lowest BCUT2D eigenvalue weighted by molar-refractivity contribution is -0.137. The van der Waals surface area contributed by atoms with Gasteiger partial charge in [-0.1, -0.05) is 29.8 Å². The maximum atomic E-state index is 12.9. The van der Waals surface area contributed by atoms with Gasteiger partial charge in [0, 0.05) is 37.7 Å². The number of rotatable bonds is 4. The van der Waals surface area contributed by atoms with Crippen LogP contribution in [0.2, 0.25) is 5.02 Å². The fraction of sp³-hybridized carbons (Fsp3) is 0.318. The Bertz CT molecular complexity index is 1110. The number of hydrogen-bond acceptors (Lipinski definition) is 4. The summed E-state index contributed by atoms with van der Waals surface area (Å²) in [4.78, 5) is 20.9. The normalized spacial score (nSPS) is 15.2. The molecule has 0 bridgehead atoms. The van der Waals surface area contributed by atoms with Crippen LogP contribution in [-0.4, -0.2) is 56.7 Å². The molecule has 1 saturated heterocycles. The van der Waals surface area contributed by atoms with E-state index in [1.165, 1.54) is 12.1 Å². The van der Waals surface area contributed by atoms with E-state index < -0.39 is 11.7 Å². The molecule has 0 aliphatic carbocycles. The number of aromatic nitrogens is 3. The highest BCUT2D eigenvalue weighted by molar-refractivity contribution is 6.30. The SMILES string of the molecule is Cc1nc(C(=O)N2CCN(Cc3cccc(C(F)(F)F)c3)CC2)nn1-c1ccc(Cl)cc1. The fourth-order valence-electron chi connectivity index (χ4n) is 3.66. The van der Waals surface area contributed by atoms with Crippen LogP contribution in [0.3, 0.4) is 0 Å². The van der Waals surface area contributed by atoms with Crippen LogP contribution in [0.1, 0.15) is 27.6 Å². The van der Waals surface area contributed by atoms with Gasteiger partial charge in [-0.15, -0.1) is 5.10 Å². The second-order valence-corrected chi connectivity index (χ2v) is 8.07. The Morgan fingerprint density at radius 3 is 2.41 bits per heavy atom. The third-order valence-corrected chi connectivity index (χ3v) is 5.60. The lowest BCUT2D eigenvalue weighted by Gasteiger charge is -2.34. The van der Waals surface area contributed by atoms with Crippen LogP contribution in [0.4, 0.5) is 13.2 Å². The zero-order valence-corrected chi connectivity index (χ0v) is 18.1. The molecule has 168 valence electrons. The molecule has 1 aliphatic rings. The summed E-state index contributed by atoms with van der Waals surface area (Å²) in [6, 6.07) is 12.4. The molecule has 0 atom stereocenters. The Labute approximate surface area is 188 Å². The van der Waals surface area contributed by atoms with Gasteiger partial charge < -0.3 is 4.90 Å². The number of alkyl halides is 3. The number of amides is 1. The maximum Gasteiger partial charge on any atom is 0.416 e. The number of hydrogen-bond donors (Lipinski definition) is 0. The minimum atomic E-state index is -4.36. The van der Waals surface area contributed by atoms with Crippen LogP contribution in [0.15, 0.2) is 48.5 Å². The van der Waals surface area contributed by atoms with Crippen molar-refractivity contribution in [2.24, 2.45) is 0 Å². The highest BCUT2D eigenvalue weighted by Gasteiger charge is 2.31. The van der Waals surface area contributed by atoms with E-state index in [1.54, 1.807) is 46.8 Å². The summed E-state index contributed by atoms with van der Waals surface area (Å²) in [5.74, 6) is 0.433. The van der Waals surface area contributed by atoms with Gasteiger partial charge >= 0.3 is 6.18 Å². The van der Waals surface area contributed by atoms with Gasteiger partial charge in [0.2, 0.25) is 5.82 Å². The first-order chi connectivity index (χ1) is 15.2. The fourth-order valence-corrected chi connectivity index (χ4v) is 3.79. The molecule has 0 unspecified atom stereocenters. The van der Waals surface area contributed by atoms with Crippen LogP contribution in [0, 0.1) is 6.92 Å². The molecule has 1 amide bonds. The van der Waals surface area contributed by atoms with Gasteiger partial charge in [-0.05, 0) is 42.8 Å². The van der Waals surface area contributed by atoms with Crippen molar-refractivity contribution in [3.05, 3.63) is 76.3 Å². The highest BCUT2D eigenvalue weighted by atomic mass is 35.5. The number of aryl methyl sites for hydroxylation is 1. The molecule has 4 rings (SSSR count). The van der Waals surface area contributed by atoms with E-state index in [2.05, 4.69) is 10.1 Å². The molecule has 1 aliphatic heterocycles. The number of halogens is 4. The second-order valence-electron chi connectivity index (χ2n) is 7.64. The first-order valence-corrected chi connectivity index (χ1v) is 10.5. The molecule has 0 spiro atoms. The van der Waals surface area contributed by atoms with E-state index in [0.29, 0.717) is 49.1 Å². The van der Waals surface area contributed by atoms with Crippen molar-refractivity contribution >= 4 is 17.5 Å². The average molecular weight is 464 g/mol. The van der Waals surface area contributed by atoms with Crippen molar-refractivity contribution in [3.63, 3.8) is 0 Å². The zero-order chi connectivity index (χ0) is 22.9. The molecule has 3 aromatic rings. The number of carbonyl (C=O) groups is 1. The lowest BCUT2D eigenvalue weighted by Crippen LogP contribution is -2.48. The Morgan fingerprint density at radius 2 is 1.75 bits per heavy atom. The summed E-state index contributed by atoms with van der Waals surface area (Å²) in [7, 11) is 0. The number of piperazine rings is 1. The van der Waals surface area contributed by atoms with Crippen LogP contribution in [0.25, 0.3) is 5.69 Å². The predicted octanol–water partition coefficient (Wildman–Crippen LogP) is 4.21. The average Bonchev–Trinajstić information content (AvgIpc) is 3.15. The number of carbonyl (C=O) groups excluding carboxylic acids is 1. The van der Waals surface area contributed by atoms with Gasteiger partial charge in [0.1, 0.15) is 5.82 Å². The smallest absolute Gasteiger partial charge is 0.333 e. The molecule has 10 heteroatoms. The lowest BCUT2D eigenvalue weighted by atomic mass is 10.1. The van der Waals surface area contributed by atoms with E-state index in [-0.39, 0.29) is 11.7 Å². The first-order valence-electron chi connectivity index (χ1n) is 10.1. The number of benzene rings is 2. The Balaban J connectivity index is 1.38. The van der Waals surface area contributed by atoms with E-state index in [0.717, 1.165) is 11.8 Å². The molecule has 6 nitrogen and oxygen atoms in total. The summed E-state index contributed by atoms with van der Waals surface area (Å²) in [6.07, 6.45) is -4.36. The Kier molecular flexibility index (Phi) is 6.21. The molecule has 0 N–H and O–H groups in total. The van der Waals surface area contributed by atoms with Crippen molar-refractivity contribution in [2.75, 3.05) is 26.2 Å². The van der Waals surface area contributed by atoms with Crippen molar-refractivity contribution < 1.29 is 18.0 Å². The number of nitrogens with zero attached hydrogens (tertiary/aromatic N) is 5. The highest BCUT2D eigenvalue weighted by Crippen LogP contribution is 2.29. The molecule has 32 heavy (non-hydrogen) atoms. The van der Waals surface area contributed by atoms with Crippen LogP contribution >= 0.6 is 11.6 Å². The maximum absolute atomic E-state index is 12.9. The van der Waals surface area contributed by atoms with Crippen molar-refractivity contribution in [3.8, 4) is 5.69 Å². The van der Waals surface area contributed by atoms with E-state index >= 15 is 0 Å². The topological polar surface area (TPSA) is 54.3 Å². The minimum absolute atomic E-state index is 0.115. The molecule has 0 saturated carbocycles. The van der Waals surface area contributed by atoms with Crippen molar-refractivity contribution in [2.45, 2.75) is 19.6 Å². The molecule has 1 fully saturated rings. The van der Waals surface area contributed by atoms with E-state index in [1.807, 2.05) is 4.90 Å². The summed E-state index contributed by atoms with van der Waals surface area (Å²) in [5, 5.41) is 4.96. The van der Waals surface area contributed by atoms with E-state index in [4.69, 9.17) is 11.6 Å². The van der Waals surface area contributed by atoms with Gasteiger partial charge in [-0.2, -0.15) is 13.2 Å². The van der Waals surface area contributed by atoms with E-state index in [9.17, 15) is 18.0 Å². The van der Waals surface area contributed by atoms with Crippen LogP contribution in [-0.2, 0) is 12.7 Å². The largest absolute Gasteiger partial charge is 0.416 e. The Hall–Kier alpha value is -2.91. The molecular weight excluding hydrogens is 443 g/mol. The predicted molar refractivity (Wildman–Crippen MR) is 114 cm³/mol. The Morgan fingerprint density at radius 1 is 1.06 bits per heavy atom. The van der Waals surface area contributed by atoms with Gasteiger partial charge in [-0.3, -0.25) is 9.69 Å². The van der Waals surface area contributed by atoms with Crippen molar-refractivity contribution in [1.82, 2.24) is 24.6 Å². The summed E-state index contributed by atoms with van der Waals surface area (Å²) in [6.45, 7) is 4.18. The zero-order valence-electron chi connectivity index (χ0n) is 17.3. The van der Waals surface area contributed by atoms with Gasteiger partial charge in [-0.25, -0.2) is 9.67 Å². The quantitative estimate of drug-likeness (QED) is 0.581. The van der Waals surface area contributed by atoms with Gasteiger partial charge in [0.15, 0.2) is 0 Å². The van der Waals surface area contributed by atoms with Crippen LogP contribution in [0.5, 0.6) is 0 Å². The second kappa shape index (κ2) is 8.91. The summed E-state index contributed by atoms with van der Waals surface area (Å²) >= 11 is 5.93. The van der Waals surface area contributed by atoms with Crippen molar-refractivity contribution in [1.29, 1.82) is 0 Å². The summed E-state index contributed by atoms with van der Waals surface area (Å²) in [5.41, 5.74) is 0.699. The molecular formula is C22H21ClF3N5O. The van der Waals surface area contributed by atoms with Gasteiger partial charge in [0.05, 0.1) is 11.3 Å². The molecule has 1 aromatic heterocycles. The monoisotopic (exact) mass is 463 g/mol. The molecule has 2 heterocycles. The first kappa shape index (κ1) is 22.3. The van der Waals surface area contributed by atoms with Gasteiger partial charge in [0.25, 0.3) is 5.91 Å². The minimum Gasteiger partial charge on any atom is -0.333 e. The summed E-state index contributed by atoms with van der Waals surface area (Å²) < 4.78 is 40.4. The standard InChI is InChI=1S/C22H21ClF3N5O/c1-15-27-20(28-31(15)19-7-5-18(23)6-8-19)21(32)30-11-9-29(10-12-30)14-16-3-2-4-17(13-16)22(24,25)26/h2-8,13H,9-12,14H2,1H3. The van der Waals surface area contributed by atoms with Crippen LogP contribution < -0.4 is 0 Å². The third-order valence-electron chi connectivity index (χ3n) is 5.35. The molecule has 0 radical (unpaired) electrons.